The fourth-order valence-corrected chi connectivity index (χ4v) is 1.43. The molecule has 0 radical (unpaired) electrons. The Bertz CT molecular complexity index is 418. The summed E-state index contributed by atoms with van der Waals surface area (Å²) in [6, 6.07) is 6.32. The van der Waals surface area contributed by atoms with Crippen molar-refractivity contribution in [1.29, 1.82) is 0 Å². The molecule has 60 valence electrons. The molecule has 1 aromatic carbocycles. The van der Waals surface area contributed by atoms with Gasteiger partial charge in [0.2, 0.25) is 0 Å². The average molecular weight is 157 g/mol. The predicted molar refractivity (Wildman–Crippen MR) is 51.2 cm³/mol. The van der Waals surface area contributed by atoms with Gasteiger partial charge in [-0.15, -0.1) is 0 Å². The Labute approximate surface area is 72.1 Å². The number of rotatable bonds is 0. The van der Waals surface area contributed by atoms with E-state index < -0.39 is 0 Å². The van der Waals surface area contributed by atoms with Crippen LogP contribution in [-0.4, -0.2) is 4.98 Å². The average Bonchev–Trinajstić information content (AvgIpc) is 2.12. The van der Waals surface area contributed by atoms with Gasteiger partial charge in [-0.1, -0.05) is 12.1 Å². The van der Waals surface area contributed by atoms with E-state index in [1.165, 1.54) is 21.9 Å². The standard InChI is InChI=1S/C11H11N/c1-8-3-4-10-7-12-6-5-11(10)9(8)2/h3-7H,1-2H3. The largest absolute Gasteiger partial charge is 0.264 e. The summed E-state index contributed by atoms with van der Waals surface area (Å²) < 4.78 is 0. The molecule has 0 fully saturated rings. The highest BCUT2D eigenvalue weighted by atomic mass is 14.6. The van der Waals surface area contributed by atoms with Crippen LogP contribution < -0.4 is 0 Å². The van der Waals surface area contributed by atoms with Gasteiger partial charge >= 0.3 is 0 Å². The first kappa shape index (κ1) is 7.29. The van der Waals surface area contributed by atoms with Crippen molar-refractivity contribution in [1.82, 2.24) is 4.98 Å². The normalized spacial score (nSPS) is 10.5. The maximum atomic E-state index is 4.08. The van der Waals surface area contributed by atoms with E-state index in [4.69, 9.17) is 0 Å². The summed E-state index contributed by atoms with van der Waals surface area (Å²) >= 11 is 0. The highest BCUT2D eigenvalue weighted by Gasteiger charge is 1.97. The van der Waals surface area contributed by atoms with E-state index in [9.17, 15) is 0 Å². The quantitative estimate of drug-likeness (QED) is 0.573. The summed E-state index contributed by atoms with van der Waals surface area (Å²) in [5, 5.41) is 2.53. The lowest BCUT2D eigenvalue weighted by Crippen LogP contribution is -1.83. The lowest BCUT2D eigenvalue weighted by Gasteiger charge is -2.03. The molecule has 2 rings (SSSR count). The van der Waals surface area contributed by atoms with E-state index in [1.807, 2.05) is 12.4 Å². The zero-order valence-electron chi connectivity index (χ0n) is 7.33. The SMILES string of the molecule is Cc1ccc2cnccc2c1C. The topological polar surface area (TPSA) is 12.9 Å². The molecule has 0 saturated carbocycles. The maximum absolute atomic E-state index is 4.08. The van der Waals surface area contributed by atoms with Gasteiger partial charge in [0, 0.05) is 17.8 Å². The summed E-state index contributed by atoms with van der Waals surface area (Å²) in [7, 11) is 0. The highest BCUT2D eigenvalue weighted by Crippen LogP contribution is 2.19. The second-order valence-electron chi connectivity index (χ2n) is 3.10. The minimum Gasteiger partial charge on any atom is -0.264 e. The molecule has 0 aliphatic heterocycles. The van der Waals surface area contributed by atoms with Gasteiger partial charge in [-0.3, -0.25) is 4.98 Å². The zero-order chi connectivity index (χ0) is 8.55. The van der Waals surface area contributed by atoms with E-state index >= 15 is 0 Å². The molecule has 0 aliphatic carbocycles. The third-order valence-corrected chi connectivity index (χ3v) is 2.36. The number of benzene rings is 1. The van der Waals surface area contributed by atoms with Gasteiger partial charge in [-0.2, -0.15) is 0 Å². The molecule has 12 heavy (non-hydrogen) atoms. The number of hydrogen-bond donors (Lipinski definition) is 0. The number of aryl methyl sites for hydroxylation is 2. The molecule has 1 heterocycles. The minimum absolute atomic E-state index is 1.22. The molecule has 0 atom stereocenters. The molecule has 2 aromatic rings. The maximum Gasteiger partial charge on any atom is 0.0346 e. The van der Waals surface area contributed by atoms with Crippen LogP contribution in [0.15, 0.2) is 30.6 Å². The first-order valence-electron chi connectivity index (χ1n) is 4.09. The molecule has 0 N–H and O–H groups in total. The van der Waals surface area contributed by atoms with Crippen molar-refractivity contribution in [2.75, 3.05) is 0 Å². The molecule has 1 nitrogen and oxygen atoms in total. The van der Waals surface area contributed by atoms with Gasteiger partial charge in [-0.05, 0) is 36.4 Å². The third kappa shape index (κ3) is 0.981. The zero-order valence-corrected chi connectivity index (χ0v) is 7.33. The van der Waals surface area contributed by atoms with Gasteiger partial charge in [-0.25, -0.2) is 0 Å². The second-order valence-corrected chi connectivity index (χ2v) is 3.10. The van der Waals surface area contributed by atoms with Crippen LogP contribution in [0.3, 0.4) is 0 Å². The highest BCUT2D eigenvalue weighted by molar-refractivity contribution is 5.85. The molecular formula is C11H11N. The van der Waals surface area contributed by atoms with Crippen molar-refractivity contribution in [2.45, 2.75) is 13.8 Å². The van der Waals surface area contributed by atoms with Crippen molar-refractivity contribution in [2.24, 2.45) is 0 Å². The molecular weight excluding hydrogens is 146 g/mol. The Morgan fingerprint density at radius 1 is 1.08 bits per heavy atom. The molecule has 0 bridgehead atoms. The van der Waals surface area contributed by atoms with Crippen LogP contribution in [0.25, 0.3) is 10.8 Å². The predicted octanol–water partition coefficient (Wildman–Crippen LogP) is 2.85. The van der Waals surface area contributed by atoms with Crippen LogP contribution in [0.1, 0.15) is 11.1 Å². The monoisotopic (exact) mass is 157 g/mol. The summed E-state index contributed by atoms with van der Waals surface area (Å²) in [4.78, 5) is 4.08. The van der Waals surface area contributed by atoms with Crippen LogP contribution in [0, 0.1) is 13.8 Å². The Hall–Kier alpha value is -1.37. The van der Waals surface area contributed by atoms with Gasteiger partial charge < -0.3 is 0 Å². The van der Waals surface area contributed by atoms with Crippen molar-refractivity contribution in [3.8, 4) is 0 Å². The van der Waals surface area contributed by atoms with E-state index in [-0.39, 0.29) is 0 Å². The lowest BCUT2D eigenvalue weighted by atomic mass is 10.0. The molecule has 0 saturated heterocycles. The molecule has 0 aliphatic rings. The Balaban J connectivity index is 2.91. The van der Waals surface area contributed by atoms with Gasteiger partial charge in [0.15, 0.2) is 0 Å². The number of pyridine rings is 1. The van der Waals surface area contributed by atoms with E-state index in [2.05, 4.69) is 37.0 Å². The number of aromatic nitrogens is 1. The summed E-state index contributed by atoms with van der Waals surface area (Å²) in [6.07, 6.45) is 3.75. The molecule has 0 spiro atoms. The minimum atomic E-state index is 1.22. The second kappa shape index (κ2) is 2.59. The van der Waals surface area contributed by atoms with Crippen molar-refractivity contribution >= 4 is 10.8 Å². The fourth-order valence-electron chi connectivity index (χ4n) is 1.43. The number of nitrogens with zero attached hydrogens (tertiary/aromatic N) is 1. The first-order valence-corrected chi connectivity index (χ1v) is 4.09. The van der Waals surface area contributed by atoms with Crippen molar-refractivity contribution in [3.63, 3.8) is 0 Å². The Morgan fingerprint density at radius 3 is 2.75 bits per heavy atom. The van der Waals surface area contributed by atoms with E-state index in [0.29, 0.717) is 0 Å². The lowest BCUT2D eigenvalue weighted by molar-refractivity contribution is 1.33. The van der Waals surface area contributed by atoms with Gasteiger partial charge in [0.05, 0.1) is 0 Å². The summed E-state index contributed by atoms with van der Waals surface area (Å²) in [5.41, 5.74) is 2.70. The van der Waals surface area contributed by atoms with Crippen LogP contribution in [0.5, 0.6) is 0 Å². The van der Waals surface area contributed by atoms with E-state index in [1.54, 1.807) is 0 Å². The number of fused-ring (bicyclic) bond motifs is 1. The summed E-state index contributed by atoms with van der Waals surface area (Å²) in [5.74, 6) is 0. The Kier molecular flexibility index (Phi) is 1.58. The van der Waals surface area contributed by atoms with Crippen LogP contribution in [-0.2, 0) is 0 Å². The molecule has 1 heteroatoms. The smallest absolute Gasteiger partial charge is 0.0346 e. The van der Waals surface area contributed by atoms with E-state index in [0.717, 1.165) is 0 Å². The number of hydrogen-bond acceptors (Lipinski definition) is 1. The molecule has 0 unspecified atom stereocenters. The van der Waals surface area contributed by atoms with Crippen LogP contribution >= 0.6 is 0 Å². The van der Waals surface area contributed by atoms with Gasteiger partial charge in [0.25, 0.3) is 0 Å². The van der Waals surface area contributed by atoms with Crippen LogP contribution in [0.4, 0.5) is 0 Å². The molecule has 1 aromatic heterocycles. The summed E-state index contributed by atoms with van der Waals surface area (Å²) in [6.45, 7) is 4.28. The third-order valence-electron chi connectivity index (χ3n) is 2.36. The molecule has 0 amide bonds. The van der Waals surface area contributed by atoms with Crippen molar-refractivity contribution in [3.05, 3.63) is 41.7 Å². The van der Waals surface area contributed by atoms with Crippen molar-refractivity contribution < 1.29 is 0 Å². The Morgan fingerprint density at radius 2 is 1.92 bits per heavy atom. The van der Waals surface area contributed by atoms with Gasteiger partial charge in [0.1, 0.15) is 0 Å². The van der Waals surface area contributed by atoms with Crippen LogP contribution in [0.2, 0.25) is 0 Å². The first-order chi connectivity index (χ1) is 5.79. The fraction of sp³-hybridized carbons (Fsp3) is 0.182.